The summed E-state index contributed by atoms with van der Waals surface area (Å²) in [7, 11) is 0. The fraction of sp³-hybridized carbons (Fsp3) is 0.488. The topological polar surface area (TPSA) is 174 Å². The fourth-order valence-electron chi connectivity index (χ4n) is 6.51. The molecule has 13 heteroatoms. The van der Waals surface area contributed by atoms with Crippen LogP contribution in [-0.2, 0) is 48.3 Å². The number of ether oxygens (including phenoxy) is 5. The number of alkyl carbamates (subject to hydrolysis) is 2. The lowest BCUT2D eigenvalue weighted by atomic mass is 9.80. The number of amides is 3. The van der Waals surface area contributed by atoms with Gasteiger partial charge in [-0.2, -0.15) is 0 Å². The van der Waals surface area contributed by atoms with E-state index in [2.05, 4.69) is 16.0 Å². The van der Waals surface area contributed by atoms with Gasteiger partial charge >= 0.3 is 12.2 Å². The molecule has 1 saturated heterocycles. The van der Waals surface area contributed by atoms with Crippen LogP contribution < -0.4 is 16.0 Å². The normalized spacial score (nSPS) is 27.2. The maximum Gasteiger partial charge on any atom is 0.407 e. The zero-order chi connectivity index (χ0) is 38.5. The molecular formula is C41H53N3O10. The summed E-state index contributed by atoms with van der Waals surface area (Å²) in [5, 5.41) is 31.8. The van der Waals surface area contributed by atoms with Crippen molar-refractivity contribution in [3.8, 4) is 0 Å². The molecule has 0 radical (unpaired) electrons. The Bertz CT molecular complexity index is 1600. The Morgan fingerprint density at radius 2 is 1.30 bits per heavy atom. The van der Waals surface area contributed by atoms with E-state index in [1.165, 1.54) is 0 Å². The fourth-order valence-corrected chi connectivity index (χ4v) is 6.51. The molecule has 1 heterocycles. The molecule has 2 aliphatic rings. The number of hydrogen-bond acceptors (Lipinski definition) is 10. The number of nitrogens with one attached hydrogen (secondary N) is 3. The van der Waals surface area contributed by atoms with Gasteiger partial charge in [0.15, 0.2) is 6.29 Å². The number of aliphatic hydroxyl groups is 2. The molecule has 5 unspecified atom stereocenters. The summed E-state index contributed by atoms with van der Waals surface area (Å²) in [4.78, 5) is 39.2. The van der Waals surface area contributed by atoms with Crippen molar-refractivity contribution in [2.45, 2.75) is 109 Å². The minimum absolute atomic E-state index is 0.0228. The molecule has 1 aliphatic heterocycles. The predicted octanol–water partition coefficient (Wildman–Crippen LogP) is 4.59. The lowest BCUT2D eigenvalue weighted by molar-refractivity contribution is -0.276. The molecule has 2 fully saturated rings. The van der Waals surface area contributed by atoms with E-state index in [-0.39, 0.29) is 38.2 Å². The maximum atomic E-state index is 13.5. The van der Waals surface area contributed by atoms with E-state index in [4.69, 9.17) is 23.7 Å². The molecule has 292 valence electrons. The highest BCUT2D eigenvalue weighted by Gasteiger charge is 2.54. The molecule has 1 saturated carbocycles. The summed E-state index contributed by atoms with van der Waals surface area (Å²) in [6, 6.07) is 25.6. The SMILES string of the molecule is CC[C@H](C)C(=O)N[C@@H]1C(OCc2ccccc2)[C@H](NC(=O)OCc2ccccc2)C(O[C@H]2OC(CNC(=O)OCc3ccccc3)CCC2C)C(O)[C@H]1O. The van der Waals surface area contributed by atoms with Crippen molar-refractivity contribution in [1.29, 1.82) is 0 Å². The number of carbonyl (C=O) groups is 3. The highest BCUT2D eigenvalue weighted by atomic mass is 16.7. The largest absolute Gasteiger partial charge is 0.445 e. The summed E-state index contributed by atoms with van der Waals surface area (Å²) < 4.78 is 30.2. The standard InChI is InChI=1S/C41H53N3O10/c1-4-26(2)38(47)43-32-34(45)35(46)37(54-39-27(3)20-21-31(53-39)22-42-40(48)51-24-29-16-10-6-11-17-29)33(36(32)50-23-28-14-8-5-9-15-28)44-41(49)52-25-30-18-12-7-13-19-30/h5-19,26-27,31-37,39,45-46H,4,20-25H2,1-3H3,(H,42,48)(H,43,47)(H,44,49)/t26-,27?,31?,32-,33-,34-,35?,36?,37?,39+/m0/s1. The van der Waals surface area contributed by atoms with Crippen molar-refractivity contribution in [3.05, 3.63) is 108 Å². The van der Waals surface area contributed by atoms with Crippen molar-refractivity contribution < 1.29 is 48.3 Å². The van der Waals surface area contributed by atoms with Crippen LogP contribution in [0.1, 0.15) is 56.7 Å². The molecule has 5 N–H and O–H groups in total. The lowest BCUT2D eigenvalue weighted by Crippen LogP contribution is -2.73. The third kappa shape index (κ3) is 11.5. The molecule has 13 nitrogen and oxygen atoms in total. The third-order valence-electron chi connectivity index (χ3n) is 9.98. The minimum atomic E-state index is -1.59. The van der Waals surface area contributed by atoms with E-state index in [0.717, 1.165) is 16.7 Å². The predicted molar refractivity (Wildman–Crippen MR) is 199 cm³/mol. The molecule has 1 aliphatic carbocycles. The molecule has 10 atom stereocenters. The highest BCUT2D eigenvalue weighted by Crippen LogP contribution is 2.33. The van der Waals surface area contributed by atoms with E-state index in [1.54, 1.807) is 6.92 Å². The summed E-state index contributed by atoms with van der Waals surface area (Å²) >= 11 is 0. The van der Waals surface area contributed by atoms with Crippen molar-refractivity contribution in [1.82, 2.24) is 16.0 Å². The van der Waals surface area contributed by atoms with Crippen LogP contribution in [0.5, 0.6) is 0 Å². The van der Waals surface area contributed by atoms with Crippen LogP contribution in [0.2, 0.25) is 0 Å². The minimum Gasteiger partial charge on any atom is -0.445 e. The lowest BCUT2D eigenvalue weighted by Gasteiger charge is -2.49. The zero-order valence-corrected chi connectivity index (χ0v) is 31.0. The third-order valence-corrected chi connectivity index (χ3v) is 9.98. The number of carbonyl (C=O) groups excluding carboxylic acids is 3. The summed E-state index contributed by atoms with van der Waals surface area (Å²) in [5.41, 5.74) is 2.44. The number of aliphatic hydroxyl groups excluding tert-OH is 2. The van der Waals surface area contributed by atoms with E-state index in [1.807, 2.05) is 105 Å². The molecule has 3 amide bonds. The summed E-state index contributed by atoms with van der Waals surface area (Å²) in [6.45, 7) is 5.89. The second-order valence-corrected chi connectivity index (χ2v) is 14.0. The maximum absolute atomic E-state index is 13.5. The van der Waals surface area contributed by atoms with Crippen molar-refractivity contribution >= 4 is 18.1 Å². The van der Waals surface area contributed by atoms with Crippen molar-refractivity contribution in [2.24, 2.45) is 11.8 Å². The molecule has 0 spiro atoms. The summed E-state index contributed by atoms with van der Waals surface area (Å²) in [5.74, 6) is -0.889. The van der Waals surface area contributed by atoms with Gasteiger partial charge in [0.1, 0.15) is 37.6 Å². The number of rotatable bonds is 15. The van der Waals surface area contributed by atoms with Crippen molar-refractivity contribution in [2.75, 3.05) is 6.54 Å². The molecule has 54 heavy (non-hydrogen) atoms. The van der Waals surface area contributed by atoms with Gasteiger partial charge in [-0.3, -0.25) is 4.79 Å². The Kier molecular flexibility index (Phi) is 15.2. The molecule has 5 rings (SSSR count). The van der Waals surface area contributed by atoms with Crippen LogP contribution in [0.3, 0.4) is 0 Å². The van der Waals surface area contributed by atoms with Gasteiger partial charge < -0.3 is 49.8 Å². The van der Waals surface area contributed by atoms with Gasteiger partial charge in [0.05, 0.1) is 24.8 Å². The van der Waals surface area contributed by atoms with Crippen LogP contribution >= 0.6 is 0 Å². The van der Waals surface area contributed by atoms with Gasteiger partial charge in [0.25, 0.3) is 0 Å². The van der Waals surface area contributed by atoms with Gasteiger partial charge in [0.2, 0.25) is 5.91 Å². The first-order chi connectivity index (χ1) is 26.1. The van der Waals surface area contributed by atoms with Gasteiger partial charge in [-0.05, 0) is 36.0 Å². The smallest absolute Gasteiger partial charge is 0.407 e. The Morgan fingerprint density at radius 1 is 0.741 bits per heavy atom. The average molecular weight is 748 g/mol. The molecular weight excluding hydrogens is 694 g/mol. The monoisotopic (exact) mass is 747 g/mol. The first-order valence-corrected chi connectivity index (χ1v) is 18.7. The van der Waals surface area contributed by atoms with Gasteiger partial charge in [-0.15, -0.1) is 0 Å². The zero-order valence-electron chi connectivity index (χ0n) is 31.0. The number of benzene rings is 3. The van der Waals surface area contributed by atoms with Gasteiger partial charge in [-0.1, -0.05) is 112 Å². The van der Waals surface area contributed by atoms with Crippen LogP contribution in [-0.4, -0.2) is 83.7 Å². The Labute approximate surface area is 316 Å². The van der Waals surface area contributed by atoms with E-state index < -0.39 is 67.0 Å². The second-order valence-electron chi connectivity index (χ2n) is 14.0. The Morgan fingerprint density at radius 3 is 1.87 bits per heavy atom. The Hall–Kier alpha value is -4.53. The van der Waals surface area contributed by atoms with Crippen LogP contribution in [0, 0.1) is 11.8 Å². The number of hydrogen-bond donors (Lipinski definition) is 5. The highest BCUT2D eigenvalue weighted by molar-refractivity contribution is 5.78. The molecule has 0 aromatic heterocycles. The molecule has 0 bridgehead atoms. The van der Waals surface area contributed by atoms with Gasteiger partial charge in [-0.25, -0.2) is 9.59 Å². The Balaban J connectivity index is 1.35. The second kappa shape index (κ2) is 20.2. The van der Waals surface area contributed by atoms with Crippen molar-refractivity contribution in [3.63, 3.8) is 0 Å². The first-order valence-electron chi connectivity index (χ1n) is 18.7. The van der Waals surface area contributed by atoms with Crippen LogP contribution in [0.15, 0.2) is 91.0 Å². The molecule has 3 aromatic carbocycles. The van der Waals surface area contributed by atoms with Crippen LogP contribution in [0.25, 0.3) is 0 Å². The van der Waals surface area contributed by atoms with Crippen LogP contribution in [0.4, 0.5) is 9.59 Å². The van der Waals surface area contributed by atoms with Gasteiger partial charge in [0, 0.05) is 18.4 Å². The average Bonchev–Trinajstić information content (AvgIpc) is 3.20. The molecule has 3 aromatic rings. The first kappa shape index (κ1) is 40.7. The quantitative estimate of drug-likeness (QED) is 0.148. The van der Waals surface area contributed by atoms with E-state index in [9.17, 15) is 24.6 Å². The van der Waals surface area contributed by atoms with E-state index >= 15 is 0 Å². The van der Waals surface area contributed by atoms with E-state index in [0.29, 0.717) is 19.3 Å². The summed E-state index contributed by atoms with van der Waals surface area (Å²) in [6.07, 6.45) is -6.40.